The molecule has 0 radical (unpaired) electrons. The van der Waals surface area contributed by atoms with Gasteiger partial charge in [-0.05, 0) is 47.9 Å². The van der Waals surface area contributed by atoms with Gasteiger partial charge in [0.05, 0.1) is 18.8 Å². The van der Waals surface area contributed by atoms with E-state index in [0.717, 1.165) is 28.8 Å². The lowest BCUT2D eigenvalue weighted by molar-refractivity contribution is 0.189. The molecule has 4 aromatic carbocycles. The smallest absolute Gasteiger partial charge is 0.322 e. The molecule has 0 aliphatic heterocycles. The third-order valence-electron chi connectivity index (χ3n) is 6.00. The highest BCUT2D eigenvalue weighted by Gasteiger charge is 2.23. The van der Waals surface area contributed by atoms with Crippen LogP contribution in [0, 0.1) is 11.6 Å². The molecule has 0 saturated heterocycles. The van der Waals surface area contributed by atoms with Crippen LogP contribution in [0.3, 0.4) is 0 Å². The summed E-state index contributed by atoms with van der Waals surface area (Å²) >= 11 is 0. The molecule has 4 rings (SSSR count). The van der Waals surface area contributed by atoms with Crippen molar-refractivity contribution >= 4 is 11.7 Å². The largest absolute Gasteiger partial charge is 0.493 e. The zero-order valence-corrected chi connectivity index (χ0v) is 20.7. The predicted octanol–water partition coefficient (Wildman–Crippen LogP) is 7.35. The van der Waals surface area contributed by atoms with Gasteiger partial charge < -0.3 is 19.7 Å². The molecular formula is C30H28F2N2O3. The number of hydrogen-bond acceptors (Lipinski definition) is 3. The van der Waals surface area contributed by atoms with Gasteiger partial charge in [-0.15, -0.1) is 0 Å². The maximum Gasteiger partial charge on any atom is 0.322 e. The van der Waals surface area contributed by atoms with E-state index in [9.17, 15) is 13.6 Å². The van der Waals surface area contributed by atoms with Crippen LogP contribution >= 0.6 is 0 Å². The van der Waals surface area contributed by atoms with Crippen molar-refractivity contribution in [2.75, 3.05) is 12.4 Å². The Hall–Kier alpha value is -4.39. The Labute approximate surface area is 215 Å². The quantitative estimate of drug-likeness (QED) is 0.260. The second-order valence-electron chi connectivity index (χ2n) is 8.53. The number of amides is 2. The highest BCUT2D eigenvalue weighted by Crippen LogP contribution is 2.31. The van der Waals surface area contributed by atoms with Crippen molar-refractivity contribution in [2.45, 2.75) is 26.1 Å². The molecule has 37 heavy (non-hydrogen) atoms. The minimum Gasteiger partial charge on any atom is -0.493 e. The van der Waals surface area contributed by atoms with Crippen LogP contribution in [0.4, 0.5) is 19.3 Å². The first-order valence-corrected chi connectivity index (χ1v) is 11.9. The second kappa shape index (κ2) is 12.0. The number of methoxy groups -OCH3 is 1. The number of carbonyl (C=O) groups excluding carboxylic acids is 1. The Morgan fingerprint density at radius 2 is 1.57 bits per heavy atom. The van der Waals surface area contributed by atoms with Crippen LogP contribution in [0.15, 0.2) is 97.1 Å². The van der Waals surface area contributed by atoms with E-state index in [1.54, 1.807) is 18.1 Å². The van der Waals surface area contributed by atoms with Gasteiger partial charge in [0, 0.05) is 12.6 Å². The summed E-state index contributed by atoms with van der Waals surface area (Å²) in [6, 6.07) is 26.9. The van der Waals surface area contributed by atoms with Crippen LogP contribution < -0.4 is 14.8 Å². The van der Waals surface area contributed by atoms with Crippen LogP contribution in [0.5, 0.6) is 11.5 Å². The number of urea groups is 1. The molecular weight excluding hydrogens is 474 g/mol. The summed E-state index contributed by atoms with van der Waals surface area (Å²) in [7, 11) is 1.57. The standard InChI is InChI=1S/C30H28F2N2O3/c1-21(24-11-7-4-8-12-24)34(30(35)33-27-15-14-25(31)18-26(27)32)19-23-13-16-28(36-2)29(17-23)37-20-22-9-5-3-6-10-22/h3-18,21H,19-20H2,1-2H3,(H,33,35). The fraction of sp³-hybridized carbons (Fsp3) is 0.167. The molecule has 0 saturated carbocycles. The van der Waals surface area contributed by atoms with E-state index >= 15 is 0 Å². The normalized spacial score (nSPS) is 11.5. The first kappa shape index (κ1) is 25.7. The monoisotopic (exact) mass is 502 g/mol. The van der Waals surface area contributed by atoms with Gasteiger partial charge in [0.25, 0.3) is 0 Å². The summed E-state index contributed by atoms with van der Waals surface area (Å²) in [5.41, 5.74) is 2.61. The Morgan fingerprint density at radius 1 is 0.865 bits per heavy atom. The maximum absolute atomic E-state index is 14.3. The predicted molar refractivity (Wildman–Crippen MR) is 140 cm³/mol. The van der Waals surface area contributed by atoms with E-state index in [1.807, 2.05) is 79.7 Å². The summed E-state index contributed by atoms with van der Waals surface area (Å²) in [4.78, 5) is 15.0. The van der Waals surface area contributed by atoms with Crippen molar-refractivity contribution in [3.8, 4) is 11.5 Å². The molecule has 2 amide bonds. The summed E-state index contributed by atoms with van der Waals surface area (Å²) < 4.78 is 39.2. The van der Waals surface area contributed by atoms with E-state index in [0.29, 0.717) is 18.1 Å². The molecule has 0 aliphatic rings. The highest BCUT2D eigenvalue weighted by atomic mass is 19.1. The van der Waals surface area contributed by atoms with E-state index in [-0.39, 0.29) is 18.3 Å². The number of hydrogen-bond donors (Lipinski definition) is 1. The summed E-state index contributed by atoms with van der Waals surface area (Å²) in [5, 5.41) is 2.58. The summed E-state index contributed by atoms with van der Waals surface area (Å²) in [6.45, 7) is 2.46. The first-order chi connectivity index (χ1) is 17.9. The van der Waals surface area contributed by atoms with Crippen molar-refractivity contribution in [3.05, 3.63) is 125 Å². The zero-order chi connectivity index (χ0) is 26.2. The molecule has 1 atom stereocenters. The van der Waals surface area contributed by atoms with Crippen LogP contribution in [0.2, 0.25) is 0 Å². The molecule has 0 fully saturated rings. The topological polar surface area (TPSA) is 50.8 Å². The number of ether oxygens (including phenoxy) is 2. The highest BCUT2D eigenvalue weighted by molar-refractivity contribution is 5.89. The first-order valence-electron chi connectivity index (χ1n) is 11.9. The van der Waals surface area contributed by atoms with Crippen molar-refractivity contribution in [3.63, 3.8) is 0 Å². The number of nitrogens with zero attached hydrogens (tertiary/aromatic N) is 1. The van der Waals surface area contributed by atoms with Gasteiger partial charge in [-0.3, -0.25) is 0 Å². The minimum atomic E-state index is -0.846. The van der Waals surface area contributed by atoms with Crippen LogP contribution in [-0.4, -0.2) is 18.0 Å². The molecule has 4 aromatic rings. The van der Waals surface area contributed by atoms with Crippen LogP contribution in [-0.2, 0) is 13.2 Å². The van der Waals surface area contributed by atoms with Gasteiger partial charge in [0.15, 0.2) is 11.5 Å². The van der Waals surface area contributed by atoms with Crippen LogP contribution in [0.1, 0.15) is 29.7 Å². The van der Waals surface area contributed by atoms with Gasteiger partial charge >= 0.3 is 6.03 Å². The van der Waals surface area contributed by atoms with Crippen molar-refractivity contribution in [1.29, 1.82) is 0 Å². The molecule has 0 aromatic heterocycles. The SMILES string of the molecule is COc1ccc(CN(C(=O)Nc2ccc(F)cc2F)C(C)c2ccccc2)cc1OCc1ccccc1. The fourth-order valence-electron chi connectivity index (χ4n) is 3.94. The second-order valence-corrected chi connectivity index (χ2v) is 8.53. The minimum absolute atomic E-state index is 0.0988. The van der Waals surface area contributed by atoms with Crippen molar-refractivity contribution in [2.24, 2.45) is 0 Å². The molecule has 0 heterocycles. The molecule has 7 heteroatoms. The Bertz CT molecular complexity index is 1330. The third kappa shape index (κ3) is 6.64. The lowest BCUT2D eigenvalue weighted by Crippen LogP contribution is -2.36. The number of nitrogens with one attached hydrogen (secondary N) is 1. The third-order valence-corrected chi connectivity index (χ3v) is 6.00. The Kier molecular flexibility index (Phi) is 8.36. The molecule has 190 valence electrons. The molecule has 5 nitrogen and oxygen atoms in total. The number of anilines is 1. The van der Waals surface area contributed by atoms with E-state index < -0.39 is 17.7 Å². The average molecular weight is 503 g/mol. The van der Waals surface area contributed by atoms with Gasteiger partial charge in [0.1, 0.15) is 18.2 Å². The lowest BCUT2D eigenvalue weighted by atomic mass is 10.1. The summed E-state index contributed by atoms with van der Waals surface area (Å²) in [5.74, 6) is -0.450. The maximum atomic E-state index is 14.3. The Balaban J connectivity index is 1.60. The number of carbonyl (C=O) groups is 1. The van der Waals surface area contributed by atoms with Crippen molar-refractivity contribution < 1.29 is 23.0 Å². The van der Waals surface area contributed by atoms with E-state index in [1.165, 1.54) is 6.07 Å². The van der Waals surface area contributed by atoms with Crippen molar-refractivity contribution in [1.82, 2.24) is 4.90 Å². The number of benzene rings is 4. The molecule has 1 unspecified atom stereocenters. The Morgan fingerprint density at radius 3 is 2.24 bits per heavy atom. The van der Waals surface area contributed by atoms with E-state index in [2.05, 4.69) is 5.32 Å². The molecule has 0 aliphatic carbocycles. The lowest BCUT2D eigenvalue weighted by Gasteiger charge is -2.30. The van der Waals surface area contributed by atoms with Crippen LogP contribution in [0.25, 0.3) is 0 Å². The van der Waals surface area contributed by atoms with Gasteiger partial charge in [-0.1, -0.05) is 66.7 Å². The van der Waals surface area contributed by atoms with Gasteiger partial charge in [-0.25, -0.2) is 13.6 Å². The molecule has 0 bridgehead atoms. The van der Waals surface area contributed by atoms with Gasteiger partial charge in [-0.2, -0.15) is 0 Å². The van der Waals surface area contributed by atoms with E-state index in [4.69, 9.17) is 9.47 Å². The number of rotatable bonds is 9. The fourth-order valence-corrected chi connectivity index (χ4v) is 3.94. The zero-order valence-electron chi connectivity index (χ0n) is 20.7. The average Bonchev–Trinajstić information content (AvgIpc) is 2.92. The molecule has 1 N–H and O–H groups in total. The molecule has 0 spiro atoms. The summed E-state index contributed by atoms with van der Waals surface area (Å²) in [6.07, 6.45) is 0. The van der Waals surface area contributed by atoms with Gasteiger partial charge in [0.2, 0.25) is 0 Å². The number of halogens is 2.